The van der Waals surface area contributed by atoms with Crippen molar-refractivity contribution in [3.63, 3.8) is 0 Å². The first-order chi connectivity index (χ1) is 8.83. The lowest BCUT2D eigenvalue weighted by molar-refractivity contribution is -0.153. The maximum Gasteiger partial charge on any atom is 0.310 e. The Morgan fingerprint density at radius 3 is 2.63 bits per heavy atom. The second-order valence-electron chi connectivity index (χ2n) is 5.79. The first-order valence-electron chi connectivity index (χ1n) is 6.39. The van der Waals surface area contributed by atoms with Gasteiger partial charge in [0.25, 0.3) is 0 Å². The molecule has 0 spiro atoms. The fourth-order valence-electron chi connectivity index (χ4n) is 1.86. The quantitative estimate of drug-likeness (QED) is 0.786. The molecule has 4 nitrogen and oxygen atoms in total. The van der Waals surface area contributed by atoms with Crippen molar-refractivity contribution in [1.82, 2.24) is 4.98 Å². The van der Waals surface area contributed by atoms with Crippen molar-refractivity contribution in [2.24, 2.45) is 0 Å². The number of anilines is 1. The van der Waals surface area contributed by atoms with Gasteiger partial charge in [0.15, 0.2) is 0 Å². The Balaban J connectivity index is 1.90. The standard InChI is InChI=1S/C14H19FN2O2/c1-14(2,3)19-13(18)6-10-4-5-12(16-7-10)17-8-11(15)9-17/h4-5,7,11H,6,8-9H2,1-3H3. The summed E-state index contributed by atoms with van der Waals surface area (Å²) >= 11 is 0. The van der Waals surface area contributed by atoms with Gasteiger partial charge in [-0.05, 0) is 32.4 Å². The summed E-state index contributed by atoms with van der Waals surface area (Å²) in [7, 11) is 0. The number of rotatable bonds is 3. The summed E-state index contributed by atoms with van der Waals surface area (Å²) in [5.74, 6) is 0.483. The number of hydrogen-bond acceptors (Lipinski definition) is 4. The third-order valence-corrected chi connectivity index (χ3v) is 2.74. The van der Waals surface area contributed by atoms with Gasteiger partial charge in [-0.2, -0.15) is 0 Å². The van der Waals surface area contributed by atoms with Gasteiger partial charge < -0.3 is 9.64 Å². The van der Waals surface area contributed by atoms with Crippen molar-refractivity contribution in [3.8, 4) is 0 Å². The molecule has 0 atom stereocenters. The molecule has 0 bridgehead atoms. The van der Waals surface area contributed by atoms with Gasteiger partial charge in [0, 0.05) is 6.20 Å². The van der Waals surface area contributed by atoms with Crippen molar-refractivity contribution < 1.29 is 13.9 Å². The van der Waals surface area contributed by atoms with Crippen molar-refractivity contribution in [2.75, 3.05) is 18.0 Å². The average molecular weight is 266 g/mol. The van der Waals surface area contributed by atoms with Crippen LogP contribution in [-0.2, 0) is 16.0 Å². The molecule has 0 saturated carbocycles. The summed E-state index contributed by atoms with van der Waals surface area (Å²) in [4.78, 5) is 17.7. The lowest BCUT2D eigenvalue weighted by Crippen LogP contribution is -2.48. The maximum atomic E-state index is 12.7. The lowest BCUT2D eigenvalue weighted by atomic mass is 10.1. The van der Waals surface area contributed by atoms with Gasteiger partial charge >= 0.3 is 5.97 Å². The van der Waals surface area contributed by atoms with E-state index in [1.807, 2.05) is 37.8 Å². The number of hydrogen-bond donors (Lipinski definition) is 0. The summed E-state index contributed by atoms with van der Waals surface area (Å²) < 4.78 is 18.0. The topological polar surface area (TPSA) is 42.4 Å². The van der Waals surface area contributed by atoms with E-state index >= 15 is 0 Å². The highest BCUT2D eigenvalue weighted by molar-refractivity contribution is 5.73. The molecule has 0 amide bonds. The van der Waals surface area contributed by atoms with E-state index in [9.17, 15) is 9.18 Å². The number of nitrogens with zero attached hydrogens (tertiary/aromatic N) is 2. The van der Waals surface area contributed by atoms with Crippen LogP contribution in [0, 0.1) is 0 Å². The zero-order valence-corrected chi connectivity index (χ0v) is 11.5. The summed E-state index contributed by atoms with van der Waals surface area (Å²) in [6.07, 6.45) is 1.10. The Morgan fingerprint density at radius 2 is 2.16 bits per heavy atom. The van der Waals surface area contributed by atoms with E-state index in [2.05, 4.69) is 4.98 Å². The van der Waals surface area contributed by atoms with Gasteiger partial charge in [-0.25, -0.2) is 9.37 Å². The number of carbonyl (C=O) groups excluding carboxylic acids is 1. The predicted molar refractivity (Wildman–Crippen MR) is 70.9 cm³/mol. The molecule has 1 aliphatic heterocycles. The molecule has 0 unspecified atom stereocenters. The van der Waals surface area contributed by atoms with E-state index in [1.165, 1.54) is 0 Å². The van der Waals surface area contributed by atoms with Crippen LogP contribution < -0.4 is 4.90 Å². The molecule has 5 heteroatoms. The molecular formula is C14H19FN2O2. The first-order valence-corrected chi connectivity index (χ1v) is 6.39. The van der Waals surface area contributed by atoms with Gasteiger partial charge in [-0.3, -0.25) is 4.79 Å². The smallest absolute Gasteiger partial charge is 0.310 e. The van der Waals surface area contributed by atoms with E-state index in [0.29, 0.717) is 13.1 Å². The van der Waals surface area contributed by atoms with Crippen molar-refractivity contribution >= 4 is 11.8 Å². The highest BCUT2D eigenvalue weighted by Gasteiger charge is 2.27. The zero-order valence-electron chi connectivity index (χ0n) is 11.5. The minimum atomic E-state index is -0.747. The number of pyridine rings is 1. The van der Waals surface area contributed by atoms with Crippen LogP contribution in [0.3, 0.4) is 0 Å². The highest BCUT2D eigenvalue weighted by atomic mass is 19.1. The van der Waals surface area contributed by atoms with Gasteiger partial charge in [-0.1, -0.05) is 6.07 Å². The lowest BCUT2D eigenvalue weighted by Gasteiger charge is -2.35. The molecule has 2 rings (SSSR count). The number of esters is 1. The molecule has 1 aromatic heterocycles. The van der Waals surface area contributed by atoms with Crippen LogP contribution in [0.4, 0.5) is 10.2 Å². The normalized spacial score (nSPS) is 16.1. The summed E-state index contributed by atoms with van der Waals surface area (Å²) in [6.45, 7) is 6.31. The highest BCUT2D eigenvalue weighted by Crippen LogP contribution is 2.20. The minimum Gasteiger partial charge on any atom is -0.460 e. The van der Waals surface area contributed by atoms with Gasteiger partial charge in [0.05, 0.1) is 19.5 Å². The van der Waals surface area contributed by atoms with Gasteiger partial charge in [-0.15, -0.1) is 0 Å². The van der Waals surface area contributed by atoms with Crippen LogP contribution in [0.5, 0.6) is 0 Å². The maximum absolute atomic E-state index is 12.7. The van der Waals surface area contributed by atoms with Gasteiger partial charge in [0.2, 0.25) is 0 Å². The van der Waals surface area contributed by atoms with Crippen LogP contribution >= 0.6 is 0 Å². The Hall–Kier alpha value is -1.65. The van der Waals surface area contributed by atoms with Crippen LogP contribution in [0.1, 0.15) is 26.3 Å². The van der Waals surface area contributed by atoms with E-state index in [1.54, 1.807) is 6.20 Å². The van der Waals surface area contributed by atoms with E-state index < -0.39 is 11.8 Å². The number of carbonyl (C=O) groups is 1. The van der Waals surface area contributed by atoms with Crippen LogP contribution in [0.15, 0.2) is 18.3 Å². The van der Waals surface area contributed by atoms with Crippen LogP contribution in [-0.4, -0.2) is 35.8 Å². The van der Waals surface area contributed by atoms with E-state index in [4.69, 9.17) is 4.74 Å². The average Bonchev–Trinajstić information content (AvgIpc) is 2.23. The molecule has 1 aliphatic rings. The molecule has 1 fully saturated rings. The molecular weight excluding hydrogens is 247 g/mol. The van der Waals surface area contributed by atoms with Crippen molar-refractivity contribution in [3.05, 3.63) is 23.9 Å². The van der Waals surface area contributed by atoms with Crippen LogP contribution in [0.25, 0.3) is 0 Å². The Kier molecular flexibility index (Phi) is 3.73. The Bertz CT molecular complexity index is 448. The minimum absolute atomic E-state index is 0.205. The monoisotopic (exact) mass is 266 g/mol. The number of ether oxygens (including phenoxy) is 1. The second kappa shape index (κ2) is 5.15. The summed E-state index contributed by atoms with van der Waals surface area (Å²) in [5, 5.41) is 0. The van der Waals surface area contributed by atoms with Crippen molar-refractivity contribution in [1.29, 1.82) is 0 Å². The van der Waals surface area contributed by atoms with E-state index in [0.717, 1.165) is 11.4 Å². The van der Waals surface area contributed by atoms with Crippen LogP contribution in [0.2, 0.25) is 0 Å². The fraction of sp³-hybridized carbons (Fsp3) is 0.571. The number of alkyl halides is 1. The molecule has 0 radical (unpaired) electrons. The second-order valence-corrected chi connectivity index (χ2v) is 5.79. The number of aromatic nitrogens is 1. The first kappa shape index (κ1) is 13.8. The zero-order chi connectivity index (χ0) is 14.0. The summed E-state index contributed by atoms with van der Waals surface area (Å²) in [5.41, 5.74) is 0.327. The third kappa shape index (κ3) is 3.91. The Labute approximate surface area is 112 Å². The summed E-state index contributed by atoms with van der Waals surface area (Å²) in [6, 6.07) is 3.64. The molecule has 19 heavy (non-hydrogen) atoms. The number of halogens is 1. The van der Waals surface area contributed by atoms with E-state index in [-0.39, 0.29) is 12.4 Å². The SMILES string of the molecule is CC(C)(C)OC(=O)Cc1ccc(N2CC(F)C2)nc1. The fourth-order valence-corrected chi connectivity index (χ4v) is 1.86. The third-order valence-electron chi connectivity index (χ3n) is 2.74. The largest absolute Gasteiger partial charge is 0.460 e. The molecule has 0 aromatic carbocycles. The van der Waals surface area contributed by atoms with Crippen molar-refractivity contribution in [2.45, 2.75) is 39.0 Å². The molecule has 2 heterocycles. The molecule has 0 N–H and O–H groups in total. The predicted octanol–water partition coefficient (Wildman–Crippen LogP) is 2.12. The van der Waals surface area contributed by atoms with Gasteiger partial charge in [0.1, 0.15) is 17.6 Å². The molecule has 104 valence electrons. The molecule has 1 aromatic rings. The Morgan fingerprint density at radius 1 is 1.47 bits per heavy atom. The molecule has 0 aliphatic carbocycles. The molecule has 1 saturated heterocycles.